The van der Waals surface area contributed by atoms with Crippen molar-refractivity contribution in [2.45, 2.75) is 18.2 Å². The van der Waals surface area contributed by atoms with Gasteiger partial charge in [-0.25, -0.2) is 4.98 Å². The van der Waals surface area contributed by atoms with Crippen molar-refractivity contribution in [2.24, 2.45) is 0 Å². The van der Waals surface area contributed by atoms with Crippen LogP contribution >= 0.6 is 23.1 Å². The molecule has 0 spiro atoms. The molecule has 0 saturated carbocycles. The summed E-state index contributed by atoms with van der Waals surface area (Å²) in [7, 11) is 3.28. The number of hydrogen-bond donors (Lipinski definition) is 1. The molecule has 4 rings (SSSR count). The van der Waals surface area contributed by atoms with Crippen LogP contribution in [0.1, 0.15) is 12.1 Å². The van der Waals surface area contributed by atoms with Crippen LogP contribution in [-0.2, 0) is 4.79 Å². The van der Waals surface area contributed by atoms with Gasteiger partial charge in [-0.2, -0.15) is 9.78 Å². The maximum absolute atomic E-state index is 12.5. The van der Waals surface area contributed by atoms with E-state index in [9.17, 15) is 4.79 Å². The molecule has 1 N–H and O–H groups in total. The molecule has 7 nitrogen and oxygen atoms in total. The second-order valence-corrected chi connectivity index (χ2v) is 8.91. The zero-order valence-corrected chi connectivity index (χ0v) is 19.0. The van der Waals surface area contributed by atoms with Gasteiger partial charge >= 0.3 is 0 Å². The van der Waals surface area contributed by atoms with Crippen molar-refractivity contribution in [3.05, 3.63) is 54.2 Å². The number of carbonyl (C=O) groups excluding carboxylic acids is 1. The number of carbonyl (C=O) groups is 1. The Morgan fingerprint density at radius 2 is 1.84 bits per heavy atom. The number of rotatable bonds is 8. The summed E-state index contributed by atoms with van der Waals surface area (Å²) >= 11 is 3.13. The predicted octanol–water partition coefficient (Wildman–Crippen LogP) is 4.93. The summed E-state index contributed by atoms with van der Waals surface area (Å²) in [6, 6.07) is 15.4. The summed E-state index contributed by atoms with van der Waals surface area (Å²) in [5.74, 6) is 2.82. The number of anilines is 1. The van der Waals surface area contributed by atoms with Gasteiger partial charge in [0.15, 0.2) is 0 Å². The van der Waals surface area contributed by atoms with Gasteiger partial charge in [0.05, 0.1) is 30.1 Å². The van der Waals surface area contributed by atoms with E-state index in [1.165, 1.54) is 11.3 Å². The van der Waals surface area contributed by atoms with E-state index in [1.54, 1.807) is 30.7 Å². The summed E-state index contributed by atoms with van der Waals surface area (Å²) in [6.45, 7) is 1.89. The molecule has 0 atom stereocenters. The molecule has 2 aromatic heterocycles. The van der Waals surface area contributed by atoms with Crippen molar-refractivity contribution in [1.82, 2.24) is 14.8 Å². The lowest BCUT2D eigenvalue weighted by Crippen LogP contribution is -2.15. The molecule has 160 valence electrons. The van der Waals surface area contributed by atoms with E-state index in [1.807, 2.05) is 55.5 Å². The lowest BCUT2D eigenvalue weighted by molar-refractivity contribution is -0.115. The molecular formula is C22H22N4O3S2. The number of ether oxygens (including phenoxy) is 2. The molecule has 0 saturated heterocycles. The van der Waals surface area contributed by atoms with Crippen molar-refractivity contribution in [1.29, 1.82) is 0 Å². The van der Waals surface area contributed by atoms with Crippen LogP contribution in [0.4, 0.5) is 5.82 Å². The van der Waals surface area contributed by atoms with Gasteiger partial charge in [-0.05, 0) is 49.4 Å². The number of nitrogens with zero attached hydrogens (tertiary/aromatic N) is 3. The van der Waals surface area contributed by atoms with E-state index >= 15 is 0 Å². The van der Waals surface area contributed by atoms with Gasteiger partial charge in [-0.1, -0.05) is 11.3 Å². The third-order valence-electron chi connectivity index (χ3n) is 4.52. The van der Waals surface area contributed by atoms with Crippen LogP contribution in [-0.4, -0.2) is 40.6 Å². The van der Waals surface area contributed by atoms with Gasteiger partial charge in [-0.15, -0.1) is 11.8 Å². The monoisotopic (exact) mass is 454 g/mol. The first-order valence-corrected chi connectivity index (χ1v) is 11.4. The Hall–Kier alpha value is -3.04. The highest BCUT2D eigenvalue weighted by atomic mass is 32.2. The molecule has 0 bridgehead atoms. The molecule has 0 radical (unpaired) electrons. The molecule has 9 heteroatoms. The maximum atomic E-state index is 12.5. The summed E-state index contributed by atoms with van der Waals surface area (Å²) in [5.41, 5.74) is 1.67. The van der Waals surface area contributed by atoms with Crippen molar-refractivity contribution >= 4 is 45.0 Å². The van der Waals surface area contributed by atoms with Crippen LogP contribution in [0.15, 0.2) is 53.4 Å². The molecule has 0 aliphatic heterocycles. The van der Waals surface area contributed by atoms with Gasteiger partial charge in [0.2, 0.25) is 11.0 Å². The fourth-order valence-corrected chi connectivity index (χ4v) is 4.79. The maximum Gasteiger partial charge on any atom is 0.226 e. The number of methoxy groups -OCH3 is 2. The van der Waals surface area contributed by atoms with Crippen molar-refractivity contribution in [3.8, 4) is 16.6 Å². The third-order valence-corrected chi connectivity index (χ3v) is 6.53. The first-order valence-electron chi connectivity index (χ1n) is 9.64. The molecule has 0 unspecified atom stereocenters. The number of aromatic nitrogens is 3. The minimum Gasteiger partial charge on any atom is -0.497 e. The molecule has 31 heavy (non-hydrogen) atoms. The van der Waals surface area contributed by atoms with Crippen molar-refractivity contribution in [3.63, 3.8) is 0 Å². The molecule has 2 heterocycles. The number of benzene rings is 2. The molecule has 4 aromatic rings. The number of hydrogen-bond acceptors (Lipinski definition) is 7. The molecule has 2 aromatic carbocycles. The second kappa shape index (κ2) is 9.40. The van der Waals surface area contributed by atoms with Gasteiger partial charge in [0.1, 0.15) is 17.3 Å². The van der Waals surface area contributed by atoms with Crippen LogP contribution in [0.3, 0.4) is 0 Å². The topological polar surface area (TPSA) is 78.3 Å². The third kappa shape index (κ3) is 5.00. The minimum absolute atomic E-state index is 0.0649. The zero-order valence-electron chi connectivity index (χ0n) is 17.4. The molecule has 0 aliphatic rings. The van der Waals surface area contributed by atoms with Gasteiger partial charge in [-0.3, -0.25) is 4.79 Å². The average Bonchev–Trinajstić information content (AvgIpc) is 3.36. The number of aryl methyl sites for hydroxylation is 1. The molecular weight excluding hydrogens is 432 g/mol. The Labute approximate surface area is 188 Å². The lowest BCUT2D eigenvalue weighted by atomic mass is 10.3. The predicted molar refractivity (Wildman–Crippen MR) is 125 cm³/mol. The highest BCUT2D eigenvalue weighted by molar-refractivity contribution is 7.99. The van der Waals surface area contributed by atoms with Gasteiger partial charge < -0.3 is 14.8 Å². The standard InChI is InChI=1S/C22H22N4O3S2/c1-14-12-20(24-21(27)10-11-30-17-7-4-15(28-2)5-8-17)26(25-14)22-23-18-9-6-16(29-3)13-19(18)31-22/h4-9,12-13H,10-11H2,1-3H3,(H,24,27). The SMILES string of the molecule is COc1ccc(SCCC(=O)Nc2cc(C)nn2-c2nc3ccc(OC)cc3s2)cc1. The Balaban J connectivity index is 1.42. The van der Waals surface area contributed by atoms with Crippen LogP contribution in [0, 0.1) is 6.92 Å². The molecule has 1 amide bonds. The van der Waals surface area contributed by atoms with E-state index in [-0.39, 0.29) is 5.91 Å². The quantitative estimate of drug-likeness (QED) is 0.381. The Morgan fingerprint density at radius 3 is 2.58 bits per heavy atom. The first-order chi connectivity index (χ1) is 15.1. The summed E-state index contributed by atoms with van der Waals surface area (Å²) < 4.78 is 13.1. The van der Waals surface area contributed by atoms with Crippen molar-refractivity contribution < 1.29 is 14.3 Å². The average molecular weight is 455 g/mol. The largest absolute Gasteiger partial charge is 0.497 e. The number of amides is 1. The smallest absolute Gasteiger partial charge is 0.226 e. The van der Waals surface area contributed by atoms with Crippen LogP contribution in [0.2, 0.25) is 0 Å². The molecule has 0 fully saturated rings. The zero-order chi connectivity index (χ0) is 21.8. The summed E-state index contributed by atoms with van der Waals surface area (Å²) in [5, 5.41) is 8.18. The highest BCUT2D eigenvalue weighted by Gasteiger charge is 2.15. The fraction of sp³-hybridized carbons (Fsp3) is 0.227. The number of nitrogens with one attached hydrogen (secondary N) is 1. The second-order valence-electron chi connectivity index (χ2n) is 6.74. The van der Waals surface area contributed by atoms with E-state index in [0.29, 0.717) is 23.1 Å². The van der Waals surface area contributed by atoms with Crippen LogP contribution in [0.25, 0.3) is 15.3 Å². The number of thioether (sulfide) groups is 1. The van der Waals surface area contributed by atoms with Gasteiger partial charge in [0, 0.05) is 23.1 Å². The van der Waals surface area contributed by atoms with Crippen molar-refractivity contribution in [2.75, 3.05) is 25.3 Å². The van der Waals surface area contributed by atoms with E-state index in [4.69, 9.17) is 9.47 Å². The fourth-order valence-electron chi connectivity index (χ4n) is 2.98. The Morgan fingerprint density at radius 1 is 1.10 bits per heavy atom. The highest BCUT2D eigenvalue weighted by Crippen LogP contribution is 2.30. The Kier molecular flexibility index (Phi) is 6.43. The van der Waals surface area contributed by atoms with E-state index in [2.05, 4.69) is 15.4 Å². The summed E-state index contributed by atoms with van der Waals surface area (Å²) in [6.07, 6.45) is 0.387. The van der Waals surface area contributed by atoms with Crippen LogP contribution in [0.5, 0.6) is 11.5 Å². The molecule has 0 aliphatic carbocycles. The number of fused-ring (bicyclic) bond motifs is 1. The normalized spacial score (nSPS) is 10.9. The van der Waals surface area contributed by atoms with Crippen LogP contribution < -0.4 is 14.8 Å². The van der Waals surface area contributed by atoms with Gasteiger partial charge in [0.25, 0.3) is 0 Å². The first kappa shape index (κ1) is 21.2. The Bertz CT molecular complexity index is 1200. The van der Waals surface area contributed by atoms with E-state index in [0.717, 1.165) is 32.3 Å². The minimum atomic E-state index is -0.0649. The van der Waals surface area contributed by atoms with E-state index < -0.39 is 0 Å². The lowest BCUT2D eigenvalue weighted by Gasteiger charge is -2.07. The number of thiazole rings is 1. The summed E-state index contributed by atoms with van der Waals surface area (Å²) in [4.78, 5) is 18.3.